The van der Waals surface area contributed by atoms with E-state index in [-0.39, 0.29) is 29.7 Å². The Morgan fingerprint density at radius 2 is 2.16 bits per heavy atom. The standard InChI is InChI=1S/C17H21N3O4S/c1-10-13(9-21)25-16(19-10)15(11-4-6-18-7-5-11)20-8-12(17(23)24)2-3-14(20)22/h2-3,8,11,15,18,21H,4-7,9H2,1H3,(H,23,24)/t15-/m0/s1. The molecule has 0 amide bonds. The van der Waals surface area contributed by atoms with E-state index in [1.165, 1.54) is 34.2 Å². The molecule has 2 aromatic rings. The SMILES string of the molecule is Cc1nc([C@H](C2CCNCC2)n2cc(C(=O)O)ccc2=O)sc1CO. The van der Waals surface area contributed by atoms with Gasteiger partial charge in [-0.2, -0.15) is 0 Å². The Kier molecular flexibility index (Phi) is 5.31. The molecule has 1 atom stereocenters. The predicted octanol–water partition coefficient (Wildman–Crippen LogP) is 1.39. The van der Waals surface area contributed by atoms with Crippen molar-refractivity contribution in [2.75, 3.05) is 13.1 Å². The van der Waals surface area contributed by atoms with E-state index in [4.69, 9.17) is 0 Å². The van der Waals surface area contributed by atoms with Gasteiger partial charge in [0.25, 0.3) is 5.56 Å². The highest BCUT2D eigenvalue weighted by molar-refractivity contribution is 7.11. The maximum Gasteiger partial charge on any atom is 0.337 e. The highest BCUT2D eigenvalue weighted by atomic mass is 32.1. The molecule has 0 radical (unpaired) electrons. The molecule has 0 aliphatic carbocycles. The van der Waals surface area contributed by atoms with E-state index in [2.05, 4.69) is 10.3 Å². The second-order valence-corrected chi connectivity index (χ2v) is 7.33. The zero-order valence-corrected chi connectivity index (χ0v) is 14.8. The minimum absolute atomic E-state index is 0.0780. The molecule has 25 heavy (non-hydrogen) atoms. The summed E-state index contributed by atoms with van der Waals surface area (Å²) in [6.45, 7) is 3.45. The first-order valence-electron chi connectivity index (χ1n) is 8.24. The summed E-state index contributed by atoms with van der Waals surface area (Å²) in [7, 11) is 0. The van der Waals surface area contributed by atoms with Crippen LogP contribution in [0.1, 0.15) is 44.8 Å². The molecule has 1 fully saturated rings. The van der Waals surface area contributed by atoms with E-state index in [9.17, 15) is 19.8 Å². The molecule has 7 nitrogen and oxygen atoms in total. The third-order valence-corrected chi connectivity index (χ3v) is 5.83. The lowest BCUT2D eigenvalue weighted by molar-refractivity contribution is 0.0695. The van der Waals surface area contributed by atoms with Crippen molar-refractivity contribution in [1.29, 1.82) is 0 Å². The van der Waals surface area contributed by atoms with Gasteiger partial charge in [-0.3, -0.25) is 4.79 Å². The maximum absolute atomic E-state index is 12.5. The van der Waals surface area contributed by atoms with Crippen molar-refractivity contribution < 1.29 is 15.0 Å². The minimum atomic E-state index is -1.07. The molecule has 0 bridgehead atoms. The lowest BCUT2D eigenvalue weighted by Gasteiger charge is -2.31. The molecule has 0 saturated carbocycles. The molecule has 0 aromatic carbocycles. The quantitative estimate of drug-likeness (QED) is 0.742. The second kappa shape index (κ2) is 7.47. The minimum Gasteiger partial charge on any atom is -0.478 e. The summed E-state index contributed by atoms with van der Waals surface area (Å²) in [5.41, 5.74) is 0.588. The number of hydrogen-bond donors (Lipinski definition) is 3. The van der Waals surface area contributed by atoms with Crippen LogP contribution in [0.2, 0.25) is 0 Å². The van der Waals surface area contributed by atoms with Crippen LogP contribution >= 0.6 is 11.3 Å². The fourth-order valence-electron chi connectivity index (χ4n) is 3.28. The van der Waals surface area contributed by atoms with E-state index in [1.54, 1.807) is 0 Å². The third-order valence-electron chi connectivity index (χ3n) is 4.62. The number of aliphatic hydroxyl groups is 1. The summed E-state index contributed by atoms with van der Waals surface area (Å²) in [6.07, 6.45) is 3.16. The smallest absolute Gasteiger partial charge is 0.337 e. The maximum atomic E-state index is 12.5. The number of carbonyl (C=O) groups is 1. The van der Waals surface area contributed by atoms with Gasteiger partial charge in [0.05, 0.1) is 28.8 Å². The Morgan fingerprint density at radius 1 is 1.44 bits per heavy atom. The van der Waals surface area contributed by atoms with Crippen molar-refractivity contribution in [3.8, 4) is 0 Å². The number of hydrogen-bond acceptors (Lipinski definition) is 6. The van der Waals surface area contributed by atoms with E-state index in [1.807, 2.05) is 6.92 Å². The Bertz CT molecular complexity index is 824. The van der Waals surface area contributed by atoms with Crippen LogP contribution in [0.25, 0.3) is 0 Å². The second-order valence-electron chi connectivity index (χ2n) is 6.22. The van der Waals surface area contributed by atoms with Crippen LogP contribution in [-0.4, -0.2) is 38.8 Å². The van der Waals surface area contributed by atoms with Crippen molar-refractivity contribution in [2.45, 2.75) is 32.4 Å². The summed E-state index contributed by atoms with van der Waals surface area (Å²) in [5, 5.41) is 22.8. The average Bonchev–Trinajstić information content (AvgIpc) is 2.98. The predicted molar refractivity (Wildman–Crippen MR) is 94.2 cm³/mol. The van der Waals surface area contributed by atoms with Gasteiger partial charge in [-0.1, -0.05) is 0 Å². The first-order valence-corrected chi connectivity index (χ1v) is 9.06. The third kappa shape index (κ3) is 3.65. The van der Waals surface area contributed by atoms with Crippen molar-refractivity contribution in [2.24, 2.45) is 5.92 Å². The van der Waals surface area contributed by atoms with Crippen LogP contribution in [0.5, 0.6) is 0 Å². The number of rotatable bonds is 5. The van der Waals surface area contributed by atoms with Crippen LogP contribution in [-0.2, 0) is 6.61 Å². The lowest BCUT2D eigenvalue weighted by Crippen LogP contribution is -2.36. The number of aryl methyl sites for hydroxylation is 1. The summed E-state index contributed by atoms with van der Waals surface area (Å²) < 4.78 is 1.50. The fourth-order valence-corrected chi connectivity index (χ4v) is 4.40. The molecular weight excluding hydrogens is 342 g/mol. The number of carboxylic acid groups (broad SMARTS) is 1. The summed E-state index contributed by atoms with van der Waals surface area (Å²) in [4.78, 5) is 29.2. The number of pyridine rings is 1. The molecule has 1 saturated heterocycles. The van der Waals surface area contributed by atoms with E-state index in [0.29, 0.717) is 0 Å². The van der Waals surface area contributed by atoms with Gasteiger partial charge in [0.1, 0.15) is 5.01 Å². The van der Waals surface area contributed by atoms with E-state index in [0.717, 1.165) is 41.5 Å². The largest absolute Gasteiger partial charge is 0.478 e. The molecule has 3 rings (SSSR count). The molecule has 8 heteroatoms. The normalized spacial score (nSPS) is 16.7. The lowest BCUT2D eigenvalue weighted by atomic mass is 9.90. The first-order chi connectivity index (χ1) is 12.0. The summed E-state index contributed by atoms with van der Waals surface area (Å²) in [6, 6.07) is 2.30. The molecule has 3 heterocycles. The highest BCUT2D eigenvalue weighted by Gasteiger charge is 2.30. The number of thiazole rings is 1. The molecule has 1 aliphatic heterocycles. The molecule has 134 valence electrons. The number of carboxylic acids is 1. The van der Waals surface area contributed by atoms with Gasteiger partial charge in [0, 0.05) is 12.3 Å². The molecule has 0 spiro atoms. The molecule has 0 unspecified atom stereocenters. The van der Waals surface area contributed by atoms with Crippen LogP contribution in [0.15, 0.2) is 23.1 Å². The van der Waals surface area contributed by atoms with Crippen molar-refractivity contribution in [3.05, 3.63) is 49.8 Å². The molecule has 3 N–H and O–H groups in total. The van der Waals surface area contributed by atoms with Gasteiger partial charge in [0.2, 0.25) is 0 Å². The number of aromatic carboxylic acids is 1. The number of aliphatic hydroxyl groups excluding tert-OH is 1. The van der Waals surface area contributed by atoms with Crippen LogP contribution in [0.3, 0.4) is 0 Å². The molecule has 1 aliphatic rings. The zero-order chi connectivity index (χ0) is 18.0. The Balaban J connectivity index is 2.12. The Hall–Kier alpha value is -2.03. The van der Waals surface area contributed by atoms with Gasteiger partial charge in [-0.05, 0) is 44.8 Å². The van der Waals surface area contributed by atoms with Crippen LogP contribution in [0.4, 0.5) is 0 Å². The monoisotopic (exact) mass is 363 g/mol. The molecular formula is C17H21N3O4S. The summed E-state index contributed by atoms with van der Waals surface area (Å²) in [5.74, 6) is -0.885. The van der Waals surface area contributed by atoms with Gasteiger partial charge >= 0.3 is 5.97 Å². The van der Waals surface area contributed by atoms with E-state index >= 15 is 0 Å². The number of nitrogens with zero attached hydrogens (tertiary/aromatic N) is 2. The fraction of sp³-hybridized carbons (Fsp3) is 0.471. The highest BCUT2D eigenvalue weighted by Crippen LogP contribution is 2.35. The van der Waals surface area contributed by atoms with Gasteiger partial charge in [-0.25, -0.2) is 9.78 Å². The van der Waals surface area contributed by atoms with Crippen molar-refractivity contribution in [3.63, 3.8) is 0 Å². The Morgan fingerprint density at radius 3 is 2.76 bits per heavy atom. The van der Waals surface area contributed by atoms with Gasteiger partial charge < -0.3 is 20.1 Å². The Labute approximate surface area is 149 Å². The van der Waals surface area contributed by atoms with Crippen molar-refractivity contribution >= 4 is 17.3 Å². The number of aromatic nitrogens is 2. The van der Waals surface area contributed by atoms with Crippen LogP contribution in [0, 0.1) is 12.8 Å². The van der Waals surface area contributed by atoms with Crippen molar-refractivity contribution in [1.82, 2.24) is 14.9 Å². The summed E-state index contributed by atoms with van der Waals surface area (Å²) >= 11 is 1.39. The average molecular weight is 363 g/mol. The molecule has 2 aromatic heterocycles. The topological polar surface area (TPSA) is 104 Å². The van der Waals surface area contributed by atoms with Crippen LogP contribution < -0.4 is 10.9 Å². The number of nitrogens with one attached hydrogen (secondary N) is 1. The number of piperidine rings is 1. The van der Waals surface area contributed by atoms with E-state index < -0.39 is 5.97 Å². The van der Waals surface area contributed by atoms with Gasteiger partial charge in [0.15, 0.2) is 0 Å². The first kappa shape index (κ1) is 17.8. The zero-order valence-electron chi connectivity index (χ0n) is 13.9. The van der Waals surface area contributed by atoms with Gasteiger partial charge in [-0.15, -0.1) is 11.3 Å².